The average molecular weight is 250 g/mol. The molecule has 0 aliphatic heterocycles. The number of hydrogen-bond acceptors (Lipinski definition) is 5. The van der Waals surface area contributed by atoms with E-state index >= 15 is 0 Å². The van der Waals surface area contributed by atoms with Gasteiger partial charge in [-0.3, -0.25) is 0 Å². The van der Waals surface area contributed by atoms with Crippen LogP contribution in [-0.4, -0.2) is 30.3 Å². The molecule has 3 rings (SSSR count). The van der Waals surface area contributed by atoms with Gasteiger partial charge in [-0.2, -0.15) is 0 Å². The maximum absolute atomic E-state index is 5.80. The minimum absolute atomic E-state index is 0.120. The summed E-state index contributed by atoms with van der Waals surface area (Å²) >= 11 is 0. The van der Waals surface area contributed by atoms with Crippen LogP contribution in [0.1, 0.15) is 44.5 Å². The van der Waals surface area contributed by atoms with Crippen molar-refractivity contribution < 1.29 is 4.42 Å². The quantitative estimate of drug-likeness (QED) is 0.802. The van der Waals surface area contributed by atoms with Crippen molar-refractivity contribution in [3.8, 4) is 0 Å². The predicted molar refractivity (Wildman–Crippen MR) is 69.4 cm³/mol. The lowest BCUT2D eigenvalue weighted by molar-refractivity contribution is 0.426. The van der Waals surface area contributed by atoms with Gasteiger partial charge in [-0.15, -0.1) is 5.10 Å². The highest BCUT2D eigenvalue weighted by Gasteiger charge is 2.31. The summed E-state index contributed by atoms with van der Waals surface area (Å²) in [5.74, 6) is 2.38. The molecule has 2 saturated carbocycles. The molecule has 1 aromatic heterocycles. The molecule has 0 amide bonds. The Morgan fingerprint density at radius 3 is 2.33 bits per heavy atom. The Morgan fingerprint density at radius 1 is 1.22 bits per heavy atom. The second-order valence-corrected chi connectivity index (χ2v) is 5.72. The van der Waals surface area contributed by atoms with Crippen molar-refractivity contribution in [2.24, 2.45) is 11.8 Å². The van der Waals surface area contributed by atoms with Crippen LogP contribution < -0.4 is 10.2 Å². The predicted octanol–water partition coefficient (Wildman–Crippen LogP) is 1.98. The summed E-state index contributed by atoms with van der Waals surface area (Å²) in [5, 5.41) is 11.5. The van der Waals surface area contributed by atoms with Crippen LogP contribution in [0.15, 0.2) is 4.42 Å². The summed E-state index contributed by atoms with van der Waals surface area (Å²) in [5.41, 5.74) is 0. The van der Waals surface area contributed by atoms with Crippen LogP contribution in [0.5, 0.6) is 0 Å². The van der Waals surface area contributed by atoms with Crippen molar-refractivity contribution in [1.29, 1.82) is 0 Å². The zero-order valence-electron chi connectivity index (χ0n) is 11.2. The van der Waals surface area contributed by atoms with Gasteiger partial charge in [-0.05, 0) is 51.5 Å². The third kappa shape index (κ3) is 2.83. The number of hydrogen-bond donors (Lipinski definition) is 1. The van der Waals surface area contributed by atoms with Crippen molar-refractivity contribution in [2.45, 2.75) is 38.6 Å². The van der Waals surface area contributed by atoms with Gasteiger partial charge < -0.3 is 14.6 Å². The number of nitrogens with zero attached hydrogens (tertiary/aromatic N) is 3. The van der Waals surface area contributed by atoms with Crippen LogP contribution in [0.4, 0.5) is 6.01 Å². The Hall–Kier alpha value is -1.10. The molecule has 1 unspecified atom stereocenters. The molecule has 2 aliphatic rings. The third-order valence-electron chi connectivity index (χ3n) is 3.85. The Labute approximate surface area is 108 Å². The summed E-state index contributed by atoms with van der Waals surface area (Å²) in [4.78, 5) is 2.30. The summed E-state index contributed by atoms with van der Waals surface area (Å²) < 4.78 is 5.80. The van der Waals surface area contributed by atoms with E-state index in [0.717, 1.165) is 24.9 Å². The molecule has 2 aliphatic carbocycles. The monoisotopic (exact) mass is 250 g/mol. The third-order valence-corrected chi connectivity index (χ3v) is 3.85. The smallest absolute Gasteiger partial charge is 0.318 e. The molecule has 0 radical (unpaired) electrons. The molecule has 18 heavy (non-hydrogen) atoms. The van der Waals surface area contributed by atoms with Crippen molar-refractivity contribution in [2.75, 3.05) is 25.0 Å². The lowest BCUT2D eigenvalue weighted by Crippen LogP contribution is -2.28. The summed E-state index contributed by atoms with van der Waals surface area (Å²) in [6.07, 6.45) is 5.42. The van der Waals surface area contributed by atoms with Crippen LogP contribution in [0.25, 0.3) is 0 Å². The van der Waals surface area contributed by atoms with E-state index in [1.807, 2.05) is 14.0 Å². The molecule has 5 heteroatoms. The fraction of sp³-hybridized carbons (Fsp3) is 0.846. The van der Waals surface area contributed by atoms with Crippen LogP contribution >= 0.6 is 0 Å². The molecular weight excluding hydrogens is 228 g/mol. The summed E-state index contributed by atoms with van der Waals surface area (Å²) in [7, 11) is 1.90. The van der Waals surface area contributed by atoms with Crippen molar-refractivity contribution in [1.82, 2.24) is 15.5 Å². The zero-order chi connectivity index (χ0) is 12.5. The molecule has 1 aromatic rings. The topological polar surface area (TPSA) is 54.2 Å². The van der Waals surface area contributed by atoms with E-state index in [1.54, 1.807) is 0 Å². The molecule has 1 atom stereocenters. The van der Waals surface area contributed by atoms with Crippen LogP contribution in [0.3, 0.4) is 0 Å². The molecule has 0 bridgehead atoms. The standard InChI is InChI=1S/C13H22N4O/c1-9(14-2)12-15-16-13(18-12)17(7-10-3-4-10)8-11-5-6-11/h9-11,14H,3-8H2,1-2H3. The molecule has 1 heterocycles. The first kappa shape index (κ1) is 12.0. The Kier molecular flexibility index (Phi) is 3.24. The van der Waals surface area contributed by atoms with E-state index in [9.17, 15) is 0 Å². The maximum atomic E-state index is 5.80. The Balaban J connectivity index is 1.68. The van der Waals surface area contributed by atoms with E-state index in [-0.39, 0.29) is 6.04 Å². The van der Waals surface area contributed by atoms with Gasteiger partial charge in [0.05, 0.1) is 6.04 Å². The minimum Gasteiger partial charge on any atom is -0.406 e. The second kappa shape index (κ2) is 4.88. The van der Waals surface area contributed by atoms with Crippen molar-refractivity contribution >= 4 is 6.01 Å². The number of anilines is 1. The Bertz CT molecular complexity index is 383. The minimum atomic E-state index is 0.120. The summed E-state index contributed by atoms with van der Waals surface area (Å²) in [6.45, 7) is 4.21. The van der Waals surface area contributed by atoms with Gasteiger partial charge in [-0.25, -0.2) is 0 Å². The van der Waals surface area contributed by atoms with Crippen LogP contribution in [0, 0.1) is 11.8 Å². The molecule has 1 N–H and O–H groups in total. The number of nitrogens with one attached hydrogen (secondary N) is 1. The second-order valence-electron chi connectivity index (χ2n) is 5.72. The molecular formula is C13H22N4O. The molecule has 0 aromatic carbocycles. The number of rotatable bonds is 7. The van der Waals surface area contributed by atoms with E-state index in [4.69, 9.17) is 4.42 Å². The molecule has 5 nitrogen and oxygen atoms in total. The van der Waals surface area contributed by atoms with Crippen molar-refractivity contribution in [3.05, 3.63) is 5.89 Å². The molecule has 0 spiro atoms. The Morgan fingerprint density at radius 2 is 1.83 bits per heavy atom. The fourth-order valence-electron chi connectivity index (χ4n) is 2.11. The van der Waals surface area contributed by atoms with Gasteiger partial charge in [0.15, 0.2) is 0 Å². The highest BCUT2D eigenvalue weighted by atomic mass is 16.4. The number of aromatic nitrogens is 2. The summed E-state index contributed by atoms with van der Waals surface area (Å²) in [6, 6.07) is 0.834. The van der Waals surface area contributed by atoms with Crippen molar-refractivity contribution in [3.63, 3.8) is 0 Å². The van der Waals surface area contributed by atoms with E-state index in [0.29, 0.717) is 11.9 Å². The highest BCUT2D eigenvalue weighted by Crippen LogP contribution is 2.35. The molecule has 2 fully saturated rings. The van der Waals surface area contributed by atoms with Gasteiger partial charge in [0, 0.05) is 13.1 Å². The first-order chi connectivity index (χ1) is 8.76. The van der Waals surface area contributed by atoms with E-state index < -0.39 is 0 Å². The largest absolute Gasteiger partial charge is 0.406 e. The SMILES string of the molecule is CNC(C)c1nnc(N(CC2CC2)CC2CC2)o1. The van der Waals surface area contributed by atoms with Gasteiger partial charge in [0.25, 0.3) is 0 Å². The first-order valence-electron chi connectivity index (χ1n) is 7.02. The van der Waals surface area contributed by atoms with E-state index in [1.165, 1.54) is 25.7 Å². The molecule has 0 saturated heterocycles. The first-order valence-corrected chi connectivity index (χ1v) is 7.02. The van der Waals surface area contributed by atoms with Gasteiger partial charge in [-0.1, -0.05) is 5.10 Å². The lowest BCUT2D eigenvalue weighted by Gasteiger charge is -2.19. The molecule has 100 valence electrons. The normalized spacial score (nSPS) is 21.0. The highest BCUT2D eigenvalue weighted by molar-refractivity contribution is 5.26. The van der Waals surface area contributed by atoms with Crippen LogP contribution in [0.2, 0.25) is 0 Å². The zero-order valence-corrected chi connectivity index (χ0v) is 11.2. The van der Waals surface area contributed by atoms with E-state index in [2.05, 4.69) is 20.4 Å². The van der Waals surface area contributed by atoms with Gasteiger partial charge in [0.1, 0.15) is 0 Å². The van der Waals surface area contributed by atoms with Gasteiger partial charge >= 0.3 is 6.01 Å². The average Bonchev–Trinajstić information content (AvgIpc) is 3.30. The fourth-order valence-corrected chi connectivity index (χ4v) is 2.11. The lowest BCUT2D eigenvalue weighted by atomic mass is 10.3. The van der Waals surface area contributed by atoms with Gasteiger partial charge in [0.2, 0.25) is 5.89 Å². The van der Waals surface area contributed by atoms with Crippen LogP contribution in [-0.2, 0) is 0 Å². The maximum Gasteiger partial charge on any atom is 0.318 e.